The summed E-state index contributed by atoms with van der Waals surface area (Å²) in [7, 11) is 0. The van der Waals surface area contributed by atoms with Crippen LogP contribution < -0.4 is 4.74 Å². The van der Waals surface area contributed by atoms with E-state index in [1.165, 1.54) is 19.8 Å². The number of fused-ring (bicyclic) bond motifs is 1. The van der Waals surface area contributed by atoms with Gasteiger partial charge in [0.2, 0.25) is 0 Å². The second kappa shape index (κ2) is 7.52. The number of piperazine rings is 1. The van der Waals surface area contributed by atoms with Crippen molar-refractivity contribution in [1.29, 1.82) is 0 Å². The number of carbonyl (C=O) groups excluding carboxylic acids is 2. The predicted octanol–water partition coefficient (Wildman–Crippen LogP) is 2.11. The van der Waals surface area contributed by atoms with Crippen molar-refractivity contribution in [3.8, 4) is 5.75 Å². The molecule has 0 spiro atoms. The fourth-order valence-electron chi connectivity index (χ4n) is 3.85. The molecule has 1 atom stereocenters. The number of ether oxygens (including phenoxy) is 1. The van der Waals surface area contributed by atoms with Crippen molar-refractivity contribution in [2.75, 3.05) is 26.2 Å². The fraction of sp³-hybridized carbons (Fsp3) is 0.450. The lowest BCUT2D eigenvalue weighted by Gasteiger charge is -2.37. The van der Waals surface area contributed by atoms with Gasteiger partial charge >= 0.3 is 0 Å². The number of carbonyl (C=O) groups is 2. The van der Waals surface area contributed by atoms with E-state index in [0.717, 1.165) is 31.9 Å². The first-order chi connectivity index (χ1) is 13.1. The molecule has 1 aromatic heterocycles. The highest BCUT2D eigenvalue weighted by molar-refractivity contribution is 5.94. The third kappa shape index (κ3) is 3.88. The van der Waals surface area contributed by atoms with Crippen LogP contribution in [0.3, 0.4) is 0 Å². The standard InChI is InChI=1S/C20H24N4O3/c1-14(25)15-4-2-6-18(10-15)27-13-16-11-19(22-21-16)20(26)24-9-8-23-7-3-5-17(23)12-24/h2,4,6,10-11,17H,3,5,7-9,12-13H2,1H3,(H,21,22)/t17-/m1/s1. The van der Waals surface area contributed by atoms with Crippen molar-refractivity contribution in [2.45, 2.75) is 32.4 Å². The molecule has 2 fully saturated rings. The summed E-state index contributed by atoms with van der Waals surface area (Å²) in [6.07, 6.45) is 2.39. The highest BCUT2D eigenvalue weighted by atomic mass is 16.5. The molecule has 2 aliphatic rings. The molecule has 142 valence electrons. The molecule has 7 nitrogen and oxygen atoms in total. The third-order valence-corrected chi connectivity index (χ3v) is 5.36. The van der Waals surface area contributed by atoms with Gasteiger partial charge in [-0.25, -0.2) is 0 Å². The largest absolute Gasteiger partial charge is 0.487 e. The lowest BCUT2D eigenvalue weighted by atomic mass is 10.1. The van der Waals surface area contributed by atoms with Gasteiger partial charge < -0.3 is 9.64 Å². The van der Waals surface area contributed by atoms with E-state index in [9.17, 15) is 9.59 Å². The van der Waals surface area contributed by atoms with Crippen LogP contribution in [0.15, 0.2) is 30.3 Å². The SMILES string of the molecule is CC(=O)c1cccc(OCc2cc(C(=O)N3CCN4CCC[C@@H]4C3)n[nH]2)c1. The number of hydrogen-bond acceptors (Lipinski definition) is 5. The summed E-state index contributed by atoms with van der Waals surface area (Å²) in [5, 5.41) is 7.05. The number of nitrogens with one attached hydrogen (secondary N) is 1. The van der Waals surface area contributed by atoms with Crippen LogP contribution in [0.1, 0.15) is 46.3 Å². The van der Waals surface area contributed by atoms with Crippen LogP contribution in [0, 0.1) is 0 Å². The zero-order chi connectivity index (χ0) is 18.8. The van der Waals surface area contributed by atoms with E-state index in [2.05, 4.69) is 15.1 Å². The Morgan fingerprint density at radius 3 is 3.00 bits per heavy atom. The molecule has 4 rings (SSSR count). The Kier molecular flexibility index (Phi) is 4.94. The topological polar surface area (TPSA) is 78.5 Å². The van der Waals surface area contributed by atoms with Crippen molar-refractivity contribution < 1.29 is 14.3 Å². The first-order valence-corrected chi connectivity index (χ1v) is 9.41. The summed E-state index contributed by atoms with van der Waals surface area (Å²) in [5.41, 5.74) is 1.77. The van der Waals surface area contributed by atoms with E-state index in [1.807, 2.05) is 4.90 Å². The number of benzene rings is 1. The van der Waals surface area contributed by atoms with Gasteiger partial charge in [-0.3, -0.25) is 19.6 Å². The van der Waals surface area contributed by atoms with Crippen LogP contribution in [-0.2, 0) is 6.61 Å². The number of rotatable bonds is 5. The van der Waals surface area contributed by atoms with Gasteiger partial charge in [0, 0.05) is 31.2 Å². The molecule has 2 aromatic rings. The average molecular weight is 368 g/mol. The van der Waals surface area contributed by atoms with Gasteiger partial charge in [0.15, 0.2) is 11.5 Å². The first-order valence-electron chi connectivity index (χ1n) is 9.41. The second-order valence-corrected chi connectivity index (χ2v) is 7.23. The normalized spacial score (nSPS) is 19.7. The molecule has 2 saturated heterocycles. The predicted molar refractivity (Wildman–Crippen MR) is 99.9 cm³/mol. The Balaban J connectivity index is 1.36. The molecule has 1 N–H and O–H groups in total. The summed E-state index contributed by atoms with van der Waals surface area (Å²) in [6, 6.07) is 9.31. The third-order valence-electron chi connectivity index (χ3n) is 5.36. The summed E-state index contributed by atoms with van der Waals surface area (Å²) in [5.74, 6) is 0.586. The van der Waals surface area contributed by atoms with Crippen LogP contribution in [0.4, 0.5) is 0 Å². The summed E-state index contributed by atoms with van der Waals surface area (Å²) in [6.45, 7) is 5.43. The maximum Gasteiger partial charge on any atom is 0.274 e. The first kappa shape index (κ1) is 17.7. The maximum absolute atomic E-state index is 12.7. The van der Waals surface area contributed by atoms with E-state index in [-0.39, 0.29) is 18.3 Å². The van der Waals surface area contributed by atoms with E-state index in [1.54, 1.807) is 30.3 Å². The van der Waals surface area contributed by atoms with Crippen LogP contribution in [0.2, 0.25) is 0 Å². The monoisotopic (exact) mass is 368 g/mol. The van der Waals surface area contributed by atoms with Gasteiger partial charge in [-0.2, -0.15) is 5.10 Å². The molecule has 0 bridgehead atoms. The highest BCUT2D eigenvalue weighted by Crippen LogP contribution is 2.22. The molecule has 27 heavy (non-hydrogen) atoms. The molecular weight excluding hydrogens is 344 g/mol. The van der Waals surface area contributed by atoms with Gasteiger partial charge in [0.25, 0.3) is 5.91 Å². The van der Waals surface area contributed by atoms with Crippen molar-refractivity contribution in [3.05, 3.63) is 47.3 Å². The van der Waals surface area contributed by atoms with Crippen molar-refractivity contribution >= 4 is 11.7 Å². The maximum atomic E-state index is 12.7. The zero-order valence-corrected chi connectivity index (χ0v) is 15.5. The van der Waals surface area contributed by atoms with Crippen molar-refractivity contribution in [3.63, 3.8) is 0 Å². The molecule has 7 heteroatoms. The quantitative estimate of drug-likeness (QED) is 0.818. The Morgan fingerprint density at radius 1 is 1.26 bits per heavy atom. The molecule has 0 aliphatic carbocycles. The summed E-state index contributed by atoms with van der Waals surface area (Å²) in [4.78, 5) is 28.6. The lowest BCUT2D eigenvalue weighted by Crippen LogP contribution is -2.52. The Bertz CT molecular complexity index is 847. The van der Waals surface area contributed by atoms with Gasteiger partial charge in [0.05, 0.1) is 5.69 Å². The van der Waals surface area contributed by atoms with Gasteiger partial charge in [-0.05, 0) is 44.5 Å². The second-order valence-electron chi connectivity index (χ2n) is 7.23. The molecule has 2 aliphatic heterocycles. The minimum atomic E-state index is -0.0253. The number of hydrogen-bond donors (Lipinski definition) is 1. The summed E-state index contributed by atoms with van der Waals surface area (Å²) >= 11 is 0. The van der Waals surface area contributed by atoms with Crippen LogP contribution in [-0.4, -0.2) is 63.9 Å². The number of aromatic nitrogens is 2. The van der Waals surface area contributed by atoms with Crippen LogP contribution in [0.25, 0.3) is 0 Å². The number of aromatic amines is 1. The smallest absolute Gasteiger partial charge is 0.274 e. The molecule has 1 aromatic carbocycles. The number of ketones is 1. The average Bonchev–Trinajstić information content (AvgIpc) is 3.34. The Hall–Kier alpha value is -2.67. The molecule has 0 saturated carbocycles. The van der Waals surface area contributed by atoms with E-state index in [4.69, 9.17) is 4.74 Å². The zero-order valence-electron chi connectivity index (χ0n) is 15.5. The van der Waals surface area contributed by atoms with Gasteiger partial charge in [0.1, 0.15) is 12.4 Å². The number of Topliss-reactive ketones (excluding diaryl/α,β-unsaturated/α-hetero) is 1. The van der Waals surface area contributed by atoms with Gasteiger partial charge in [-0.1, -0.05) is 12.1 Å². The molecule has 0 radical (unpaired) electrons. The summed E-state index contributed by atoms with van der Waals surface area (Å²) < 4.78 is 5.72. The van der Waals surface area contributed by atoms with E-state index >= 15 is 0 Å². The van der Waals surface area contributed by atoms with E-state index in [0.29, 0.717) is 23.0 Å². The number of H-pyrrole nitrogens is 1. The number of amides is 1. The highest BCUT2D eigenvalue weighted by Gasteiger charge is 2.33. The van der Waals surface area contributed by atoms with Crippen molar-refractivity contribution in [2.24, 2.45) is 0 Å². The van der Waals surface area contributed by atoms with Gasteiger partial charge in [-0.15, -0.1) is 0 Å². The molecular formula is C20H24N4O3. The number of nitrogens with zero attached hydrogens (tertiary/aromatic N) is 3. The fourth-order valence-corrected chi connectivity index (χ4v) is 3.85. The Labute approximate surface area is 158 Å². The molecule has 3 heterocycles. The molecule has 1 amide bonds. The van der Waals surface area contributed by atoms with Crippen molar-refractivity contribution in [1.82, 2.24) is 20.0 Å². The lowest BCUT2D eigenvalue weighted by molar-refractivity contribution is 0.0565. The van der Waals surface area contributed by atoms with Crippen LogP contribution >= 0.6 is 0 Å². The van der Waals surface area contributed by atoms with E-state index < -0.39 is 0 Å². The molecule has 0 unspecified atom stereocenters. The van der Waals surface area contributed by atoms with Crippen LogP contribution in [0.5, 0.6) is 5.75 Å². The minimum absolute atomic E-state index is 0.00256. The minimum Gasteiger partial charge on any atom is -0.487 e. The Morgan fingerprint density at radius 2 is 2.15 bits per heavy atom.